The lowest BCUT2D eigenvalue weighted by Crippen LogP contribution is -2.38. The highest BCUT2D eigenvalue weighted by molar-refractivity contribution is 5.27. The summed E-state index contributed by atoms with van der Waals surface area (Å²) < 4.78 is 5.84. The molecule has 4 atom stereocenters. The van der Waals surface area contributed by atoms with Gasteiger partial charge in [0.25, 0.3) is 0 Å². The summed E-state index contributed by atoms with van der Waals surface area (Å²) in [6, 6.07) is 8.23. The lowest BCUT2D eigenvalue weighted by Gasteiger charge is -2.24. The van der Waals surface area contributed by atoms with Crippen molar-refractivity contribution in [2.24, 2.45) is 0 Å². The van der Waals surface area contributed by atoms with Crippen LogP contribution in [0.5, 0.6) is 5.75 Å². The highest BCUT2D eigenvalue weighted by atomic mass is 16.5. The Bertz CT molecular complexity index is 390. The maximum Gasteiger partial charge on any atom is 0.115 e. The minimum atomic E-state index is 0.309. The molecule has 3 rings (SSSR count). The van der Waals surface area contributed by atoms with Crippen molar-refractivity contribution in [1.29, 1.82) is 0 Å². The Kier molecular flexibility index (Phi) is 2.81. The summed E-state index contributed by atoms with van der Waals surface area (Å²) in [5.74, 6) is 0.323. The monoisotopic (exact) mass is 233 g/mol. The maximum absolute atomic E-state index is 9.27. The molecule has 1 aromatic rings. The second-order valence-corrected chi connectivity index (χ2v) is 5.20. The van der Waals surface area contributed by atoms with Gasteiger partial charge in [0.1, 0.15) is 5.75 Å². The van der Waals surface area contributed by atoms with Crippen LogP contribution in [-0.2, 0) is 4.74 Å². The van der Waals surface area contributed by atoms with E-state index in [2.05, 4.69) is 12.2 Å². The van der Waals surface area contributed by atoms with Gasteiger partial charge in [-0.2, -0.15) is 0 Å². The molecule has 2 heterocycles. The van der Waals surface area contributed by atoms with Crippen molar-refractivity contribution < 1.29 is 9.84 Å². The lowest BCUT2D eigenvalue weighted by atomic mass is 9.94. The van der Waals surface area contributed by atoms with E-state index in [1.807, 2.05) is 12.1 Å². The van der Waals surface area contributed by atoms with Gasteiger partial charge in [0.15, 0.2) is 0 Å². The molecular formula is C14H19NO2. The van der Waals surface area contributed by atoms with E-state index in [1.165, 1.54) is 18.4 Å². The molecule has 3 nitrogen and oxygen atoms in total. The van der Waals surface area contributed by atoms with E-state index in [4.69, 9.17) is 4.74 Å². The minimum Gasteiger partial charge on any atom is -0.508 e. The normalized spacial score (nSPS) is 32.9. The molecule has 17 heavy (non-hydrogen) atoms. The molecule has 0 amide bonds. The van der Waals surface area contributed by atoms with Gasteiger partial charge in [0, 0.05) is 12.1 Å². The number of rotatable bonds is 3. The van der Waals surface area contributed by atoms with Gasteiger partial charge in [0.05, 0.1) is 12.2 Å². The summed E-state index contributed by atoms with van der Waals surface area (Å²) >= 11 is 0. The molecule has 2 aliphatic rings. The highest BCUT2D eigenvalue weighted by Crippen LogP contribution is 2.35. The van der Waals surface area contributed by atoms with Gasteiger partial charge in [-0.25, -0.2) is 0 Å². The van der Waals surface area contributed by atoms with Crippen LogP contribution in [0.25, 0.3) is 0 Å². The predicted molar refractivity (Wildman–Crippen MR) is 66.0 cm³/mol. The van der Waals surface area contributed by atoms with Gasteiger partial charge in [-0.3, -0.25) is 0 Å². The first-order chi connectivity index (χ1) is 8.22. The van der Waals surface area contributed by atoms with Crippen molar-refractivity contribution in [3.05, 3.63) is 29.8 Å². The number of ether oxygens (including phenoxy) is 1. The van der Waals surface area contributed by atoms with E-state index in [1.54, 1.807) is 12.1 Å². The Hall–Kier alpha value is -1.06. The average Bonchev–Trinajstić information content (AvgIpc) is 2.91. The number of hydrogen-bond donors (Lipinski definition) is 2. The molecular weight excluding hydrogens is 214 g/mol. The Labute approximate surface area is 102 Å². The van der Waals surface area contributed by atoms with E-state index in [9.17, 15) is 5.11 Å². The average molecular weight is 233 g/mol. The molecule has 2 bridgehead atoms. The second kappa shape index (κ2) is 4.31. The van der Waals surface area contributed by atoms with Crippen molar-refractivity contribution in [2.45, 2.75) is 50.5 Å². The predicted octanol–water partition coefficient (Wildman–Crippen LogP) is 2.36. The van der Waals surface area contributed by atoms with Gasteiger partial charge in [0.2, 0.25) is 0 Å². The fraction of sp³-hybridized carbons (Fsp3) is 0.571. The largest absolute Gasteiger partial charge is 0.508 e. The van der Waals surface area contributed by atoms with Gasteiger partial charge in [-0.15, -0.1) is 0 Å². The molecule has 92 valence electrons. The van der Waals surface area contributed by atoms with E-state index >= 15 is 0 Å². The Morgan fingerprint density at radius 2 is 2.06 bits per heavy atom. The summed E-state index contributed by atoms with van der Waals surface area (Å²) in [5.41, 5.74) is 1.21. The molecule has 0 aromatic heterocycles. The van der Waals surface area contributed by atoms with E-state index in [-0.39, 0.29) is 0 Å². The van der Waals surface area contributed by atoms with Crippen LogP contribution in [-0.4, -0.2) is 23.4 Å². The lowest BCUT2D eigenvalue weighted by molar-refractivity contribution is 0.0962. The third-order valence-electron chi connectivity index (χ3n) is 3.96. The van der Waals surface area contributed by atoms with Gasteiger partial charge in [-0.1, -0.05) is 12.1 Å². The molecule has 0 spiro atoms. The van der Waals surface area contributed by atoms with Crippen LogP contribution in [0, 0.1) is 0 Å². The molecule has 3 heteroatoms. The summed E-state index contributed by atoms with van der Waals surface area (Å²) in [5, 5.41) is 12.9. The molecule has 2 aliphatic heterocycles. The van der Waals surface area contributed by atoms with Crippen LogP contribution < -0.4 is 5.32 Å². The minimum absolute atomic E-state index is 0.309. The van der Waals surface area contributed by atoms with E-state index in [0.717, 1.165) is 6.42 Å². The summed E-state index contributed by atoms with van der Waals surface area (Å²) in [4.78, 5) is 0. The molecule has 0 radical (unpaired) electrons. The smallest absolute Gasteiger partial charge is 0.115 e. The Morgan fingerprint density at radius 3 is 2.65 bits per heavy atom. The Morgan fingerprint density at radius 1 is 1.29 bits per heavy atom. The summed E-state index contributed by atoms with van der Waals surface area (Å²) in [7, 11) is 0. The molecule has 2 N–H and O–H groups in total. The van der Waals surface area contributed by atoms with Gasteiger partial charge >= 0.3 is 0 Å². The van der Waals surface area contributed by atoms with Crippen molar-refractivity contribution in [1.82, 2.24) is 5.32 Å². The van der Waals surface area contributed by atoms with E-state index < -0.39 is 0 Å². The fourth-order valence-corrected chi connectivity index (χ4v) is 2.99. The zero-order chi connectivity index (χ0) is 11.8. The third kappa shape index (κ3) is 2.17. The third-order valence-corrected chi connectivity index (χ3v) is 3.96. The quantitative estimate of drug-likeness (QED) is 0.842. The number of fused-ring (bicyclic) bond motifs is 2. The van der Waals surface area contributed by atoms with Crippen LogP contribution in [0.3, 0.4) is 0 Å². The topological polar surface area (TPSA) is 41.5 Å². The maximum atomic E-state index is 9.27. The van der Waals surface area contributed by atoms with E-state index in [0.29, 0.717) is 30.0 Å². The van der Waals surface area contributed by atoms with Crippen molar-refractivity contribution in [3.63, 3.8) is 0 Å². The van der Waals surface area contributed by atoms with Crippen LogP contribution in [0.1, 0.15) is 37.8 Å². The van der Waals surface area contributed by atoms with Crippen LogP contribution in [0.15, 0.2) is 24.3 Å². The van der Waals surface area contributed by atoms with Crippen LogP contribution in [0.4, 0.5) is 0 Å². The SMILES string of the molecule is CC(NC1CC2CCC1O2)c1ccc(O)cc1. The zero-order valence-corrected chi connectivity index (χ0v) is 10.1. The van der Waals surface area contributed by atoms with Crippen LogP contribution in [0.2, 0.25) is 0 Å². The van der Waals surface area contributed by atoms with Crippen LogP contribution >= 0.6 is 0 Å². The van der Waals surface area contributed by atoms with Crippen molar-refractivity contribution >= 4 is 0 Å². The molecule has 0 saturated carbocycles. The second-order valence-electron chi connectivity index (χ2n) is 5.20. The van der Waals surface area contributed by atoms with Gasteiger partial charge < -0.3 is 15.2 Å². The highest BCUT2D eigenvalue weighted by Gasteiger charge is 2.40. The van der Waals surface area contributed by atoms with Crippen molar-refractivity contribution in [3.8, 4) is 5.75 Å². The molecule has 0 aliphatic carbocycles. The first-order valence-corrected chi connectivity index (χ1v) is 6.43. The first kappa shape index (κ1) is 11.1. The molecule has 2 fully saturated rings. The van der Waals surface area contributed by atoms with Crippen molar-refractivity contribution in [2.75, 3.05) is 0 Å². The first-order valence-electron chi connectivity index (χ1n) is 6.43. The number of aromatic hydroxyl groups is 1. The summed E-state index contributed by atoms with van der Waals surface area (Å²) in [6.07, 6.45) is 4.48. The summed E-state index contributed by atoms with van der Waals surface area (Å²) in [6.45, 7) is 2.17. The molecule has 4 unspecified atom stereocenters. The number of phenols is 1. The number of nitrogens with one attached hydrogen (secondary N) is 1. The zero-order valence-electron chi connectivity index (χ0n) is 10.1. The molecule has 2 saturated heterocycles. The fourth-order valence-electron chi connectivity index (χ4n) is 2.99. The number of benzene rings is 1. The molecule has 1 aromatic carbocycles. The standard InChI is InChI=1S/C14H19NO2/c1-9(10-2-4-11(16)5-3-10)15-13-8-12-6-7-14(13)17-12/h2-5,9,12-16H,6-8H2,1H3. The number of hydrogen-bond acceptors (Lipinski definition) is 3. The number of phenolic OH excluding ortho intramolecular Hbond substituents is 1. The Balaban J connectivity index is 1.63. The van der Waals surface area contributed by atoms with Gasteiger partial charge in [-0.05, 0) is 43.9 Å².